The average Bonchev–Trinajstić information content (AvgIpc) is 2.81. The second-order valence-corrected chi connectivity index (χ2v) is 6.16. The maximum atomic E-state index is 13.0. The molecule has 2 heterocycles. The number of nitrogens with zero attached hydrogens (tertiary/aromatic N) is 1. The molecule has 1 aliphatic rings. The lowest BCUT2D eigenvalue weighted by Gasteiger charge is -2.20. The topological polar surface area (TPSA) is 70.8 Å². The lowest BCUT2D eigenvalue weighted by molar-refractivity contribution is 0.0771. The number of amides is 1. The fourth-order valence-electron chi connectivity index (χ4n) is 3.15. The molecule has 0 saturated carbocycles. The van der Waals surface area contributed by atoms with Gasteiger partial charge in [0.25, 0.3) is 5.91 Å². The van der Waals surface area contributed by atoms with Gasteiger partial charge in [0, 0.05) is 12.1 Å². The van der Waals surface area contributed by atoms with Gasteiger partial charge in [0.1, 0.15) is 11.3 Å². The molecule has 120 valence electrons. The third-order valence-electron chi connectivity index (χ3n) is 4.25. The molecule has 0 aliphatic carbocycles. The SMILES string of the molecule is CN1C(=O)c2oc3ccc(Cl)cc3c(=O)c2[C@H]1c1cccc(O)c1. The van der Waals surface area contributed by atoms with Crippen LogP contribution < -0.4 is 5.43 Å². The monoisotopic (exact) mass is 341 g/mol. The van der Waals surface area contributed by atoms with Crippen LogP contribution in [0.1, 0.15) is 27.7 Å². The quantitative estimate of drug-likeness (QED) is 0.737. The highest BCUT2D eigenvalue weighted by molar-refractivity contribution is 6.31. The Hall–Kier alpha value is -2.79. The van der Waals surface area contributed by atoms with Crippen molar-refractivity contribution in [3.63, 3.8) is 0 Å². The second kappa shape index (κ2) is 5.11. The van der Waals surface area contributed by atoms with Gasteiger partial charge >= 0.3 is 0 Å². The zero-order chi connectivity index (χ0) is 17.0. The Morgan fingerprint density at radius 3 is 2.71 bits per heavy atom. The molecule has 0 radical (unpaired) electrons. The molecule has 24 heavy (non-hydrogen) atoms. The largest absolute Gasteiger partial charge is 0.508 e. The average molecular weight is 342 g/mol. The minimum atomic E-state index is -0.612. The molecule has 2 aromatic carbocycles. The number of rotatable bonds is 1. The van der Waals surface area contributed by atoms with Gasteiger partial charge in [-0.05, 0) is 35.9 Å². The van der Waals surface area contributed by atoms with Crippen molar-refractivity contribution in [2.75, 3.05) is 7.05 Å². The van der Waals surface area contributed by atoms with Crippen molar-refractivity contribution in [3.05, 3.63) is 74.6 Å². The first-order valence-corrected chi connectivity index (χ1v) is 7.67. The molecule has 5 nitrogen and oxygen atoms in total. The fraction of sp³-hybridized carbons (Fsp3) is 0.111. The van der Waals surface area contributed by atoms with E-state index in [1.165, 1.54) is 23.1 Å². The number of aromatic hydroxyl groups is 1. The molecule has 1 N–H and O–H groups in total. The molecule has 0 spiro atoms. The molecule has 3 aromatic rings. The predicted octanol–water partition coefficient (Wildman–Crippen LogP) is 3.33. The minimum absolute atomic E-state index is 0.0330. The van der Waals surface area contributed by atoms with E-state index in [0.717, 1.165) is 0 Å². The summed E-state index contributed by atoms with van der Waals surface area (Å²) >= 11 is 5.98. The predicted molar refractivity (Wildman–Crippen MR) is 89.5 cm³/mol. The van der Waals surface area contributed by atoms with E-state index in [4.69, 9.17) is 16.0 Å². The smallest absolute Gasteiger partial charge is 0.290 e. The first kappa shape index (κ1) is 14.8. The van der Waals surface area contributed by atoms with Gasteiger partial charge in [-0.2, -0.15) is 0 Å². The van der Waals surface area contributed by atoms with Crippen molar-refractivity contribution in [3.8, 4) is 5.75 Å². The second-order valence-electron chi connectivity index (χ2n) is 5.73. The fourth-order valence-corrected chi connectivity index (χ4v) is 3.32. The van der Waals surface area contributed by atoms with E-state index in [9.17, 15) is 14.7 Å². The Bertz CT molecular complexity index is 1060. The summed E-state index contributed by atoms with van der Waals surface area (Å²) in [5.74, 6) is -0.270. The Morgan fingerprint density at radius 2 is 1.96 bits per heavy atom. The number of phenols is 1. The molecule has 0 bridgehead atoms. The molecular formula is C18H12ClNO4. The van der Waals surface area contributed by atoms with E-state index in [1.54, 1.807) is 31.3 Å². The molecule has 1 aromatic heterocycles. The third-order valence-corrected chi connectivity index (χ3v) is 4.48. The van der Waals surface area contributed by atoms with Crippen molar-refractivity contribution in [2.24, 2.45) is 0 Å². The van der Waals surface area contributed by atoms with Gasteiger partial charge in [-0.3, -0.25) is 9.59 Å². The van der Waals surface area contributed by atoms with E-state index in [2.05, 4.69) is 0 Å². The molecule has 1 aliphatic heterocycles. The number of halogens is 1. The van der Waals surface area contributed by atoms with Gasteiger partial charge in [-0.15, -0.1) is 0 Å². The summed E-state index contributed by atoms with van der Waals surface area (Å²) in [6.45, 7) is 0. The van der Waals surface area contributed by atoms with Crippen molar-refractivity contribution < 1.29 is 14.3 Å². The van der Waals surface area contributed by atoms with Crippen molar-refractivity contribution in [1.29, 1.82) is 0 Å². The first-order chi connectivity index (χ1) is 11.5. The van der Waals surface area contributed by atoms with E-state index in [-0.39, 0.29) is 28.4 Å². The maximum absolute atomic E-state index is 13.0. The standard InChI is InChI=1S/C18H12ClNO4/c1-20-15(9-3-2-4-11(21)7-9)14-16(22)12-8-10(19)5-6-13(12)24-17(14)18(20)23/h2-8,15,21H,1H3/t15-/m1/s1. The number of carbonyl (C=O) groups is 1. The number of phenolic OH excluding ortho intramolecular Hbond substituents is 1. The van der Waals surface area contributed by atoms with E-state index in [1.807, 2.05) is 0 Å². The summed E-state index contributed by atoms with van der Waals surface area (Å²) in [5.41, 5.74) is 0.933. The van der Waals surface area contributed by atoms with E-state index < -0.39 is 6.04 Å². The Labute approximate surface area is 141 Å². The number of carbonyl (C=O) groups excluding carboxylic acids is 1. The number of benzene rings is 2. The van der Waals surface area contributed by atoms with E-state index in [0.29, 0.717) is 21.6 Å². The molecule has 1 amide bonds. The lowest BCUT2D eigenvalue weighted by atomic mass is 9.98. The van der Waals surface area contributed by atoms with Crippen LogP contribution >= 0.6 is 11.6 Å². The molecule has 0 saturated heterocycles. The summed E-state index contributed by atoms with van der Waals surface area (Å²) in [5, 5.41) is 10.5. The van der Waals surface area contributed by atoms with Crippen LogP contribution in [0.15, 0.2) is 51.7 Å². The molecule has 4 rings (SSSR count). The van der Waals surface area contributed by atoms with Gasteiger partial charge in [-0.25, -0.2) is 0 Å². The van der Waals surface area contributed by atoms with Gasteiger partial charge < -0.3 is 14.4 Å². The molecular weight excluding hydrogens is 330 g/mol. The van der Waals surface area contributed by atoms with Crippen LogP contribution in [0.3, 0.4) is 0 Å². The molecule has 0 fully saturated rings. The van der Waals surface area contributed by atoms with Gasteiger partial charge in [0.05, 0.1) is 17.0 Å². The maximum Gasteiger partial charge on any atom is 0.290 e. The van der Waals surface area contributed by atoms with Gasteiger partial charge in [-0.1, -0.05) is 23.7 Å². The Morgan fingerprint density at radius 1 is 1.17 bits per heavy atom. The highest BCUT2D eigenvalue weighted by atomic mass is 35.5. The molecule has 1 atom stereocenters. The van der Waals surface area contributed by atoms with Gasteiger partial charge in [0.15, 0.2) is 5.43 Å². The van der Waals surface area contributed by atoms with Crippen LogP contribution in [-0.2, 0) is 0 Å². The summed E-state index contributed by atoms with van der Waals surface area (Å²) in [7, 11) is 1.60. The summed E-state index contributed by atoms with van der Waals surface area (Å²) < 4.78 is 5.69. The molecule has 0 unspecified atom stereocenters. The van der Waals surface area contributed by atoms with Crippen molar-refractivity contribution in [2.45, 2.75) is 6.04 Å². The third kappa shape index (κ3) is 2.02. The van der Waals surface area contributed by atoms with Crippen molar-refractivity contribution in [1.82, 2.24) is 4.90 Å². The van der Waals surface area contributed by atoms with Crippen LogP contribution in [0.4, 0.5) is 0 Å². The summed E-state index contributed by atoms with van der Waals surface area (Å²) in [4.78, 5) is 26.9. The normalized spacial score (nSPS) is 16.7. The van der Waals surface area contributed by atoms with Crippen LogP contribution in [0.5, 0.6) is 5.75 Å². The summed E-state index contributed by atoms with van der Waals surface area (Å²) in [6, 6.07) is 10.6. The van der Waals surface area contributed by atoms with Crippen molar-refractivity contribution >= 4 is 28.5 Å². The molecule has 6 heteroatoms. The van der Waals surface area contributed by atoms with Crippen LogP contribution in [-0.4, -0.2) is 23.0 Å². The van der Waals surface area contributed by atoms with Crippen LogP contribution in [0.25, 0.3) is 11.0 Å². The Balaban J connectivity index is 2.05. The number of hydrogen-bond acceptors (Lipinski definition) is 4. The first-order valence-electron chi connectivity index (χ1n) is 7.29. The number of hydrogen-bond donors (Lipinski definition) is 1. The highest BCUT2D eigenvalue weighted by Gasteiger charge is 2.40. The minimum Gasteiger partial charge on any atom is -0.508 e. The van der Waals surface area contributed by atoms with Crippen LogP contribution in [0.2, 0.25) is 5.02 Å². The Kier molecular flexibility index (Phi) is 3.15. The van der Waals surface area contributed by atoms with Gasteiger partial charge in [0.2, 0.25) is 5.76 Å². The zero-order valence-electron chi connectivity index (χ0n) is 12.6. The zero-order valence-corrected chi connectivity index (χ0v) is 13.4. The summed E-state index contributed by atoms with van der Waals surface area (Å²) in [6.07, 6.45) is 0. The number of fused-ring (bicyclic) bond motifs is 2. The lowest BCUT2D eigenvalue weighted by Crippen LogP contribution is -2.25. The highest BCUT2D eigenvalue weighted by Crippen LogP contribution is 2.37. The van der Waals surface area contributed by atoms with E-state index >= 15 is 0 Å². The van der Waals surface area contributed by atoms with Crippen LogP contribution in [0, 0.1) is 0 Å².